The molecule has 0 spiro atoms. The summed E-state index contributed by atoms with van der Waals surface area (Å²) in [5, 5.41) is 11.1. The highest BCUT2D eigenvalue weighted by Crippen LogP contribution is 2.21. The van der Waals surface area contributed by atoms with Crippen LogP contribution in [0.25, 0.3) is 0 Å². The van der Waals surface area contributed by atoms with E-state index in [2.05, 4.69) is 24.1 Å². The van der Waals surface area contributed by atoms with Crippen molar-refractivity contribution in [3.63, 3.8) is 0 Å². The van der Waals surface area contributed by atoms with Crippen LogP contribution in [0.4, 0.5) is 0 Å². The van der Waals surface area contributed by atoms with Gasteiger partial charge in [-0.05, 0) is 32.1 Å². The first-order valence-electron chi connectivity index (χ1n) is 11.3. The zero-order valence-corrected chi connectivity index (χ0v) is 17.9. The fourth-order valence-corrected chi connectivity index (χ4v) is 3.80. The second-order valence-corrected chi connectivity index (χ2v) is 7.90. The van der Waals surface area contributed by atoms with E-state index < -0.39 is 5.97 Å². The summed E-state index contributed by atoms with van der Waals surface area (Å²) in [6, 6.07) is 0. The van der Waals surface area contributed by atoms with Crippen LogP contribution >= 0.6 is 0 Å². The molecular weight excluding hydrogens is 350 g/mol. The summed E-state index contributed by atoms with van der Waals surface area (Å²) in [4.78, 5) is 15.5. The number of rotatable bonds is 18. The van der Waals surface area contributed by atoms with E-state index in [-0.39, 0.29) is 11.0 Å². The molecule has 0 fully saturated rings. The van der Waals surface area contributed by atoms with E-state index in [9.17, 15) is 9.90 Å². The quantitative estimate of drug-likeness (QED) is 0.217. The number of carboxylic acids is 1. The number of hydrogen-bond donors (Lipinski definition) is 1. The molecule has 1 atom stereocenters. The molecule has 160 valence electrons. The molecule has 0 aromatic heterocycles. The smallest absolute Gasteiger partial charge is 0.207 e. The van der Waals surface area contributed by atoms with E-state index in [0.29, 0.717) is 13.1 Å². The maximum atomic E-state index is 11.1. The number of hydrogen-bond acceptors (Lipinski definition) is 4. The van der Waals surface area contributed by atoms with E-state index in [1.165, 1.54) is 70.6 Å². The Labute approximate surface area is 172 Å². The van der Waals surface area contributed by atoms with Gasteiger partial charge < -0.3 is 15.6 Å². The molecule has 0 aromatic rings. The lowest BCUT2D eigenvalue weighted by Crippen LogP contribution is -2.55. The van der Waals surface area contributed by atoms with Gasteiger partial charge in [0.1, 0.15) is 19.3 Å². The molecule has 0 amide bonds. The normalized spacial score (nSPS) is 18.9. The molecule has 2 N–H and O–H groups in total. The van der Waals surface area contributed by atoms with Gasteiger partial charge in [-0.15, -0.1) is 0 Å². The molecule has 1 rings (SSSR count). The maximum absolute atomic E-state index is 11.1. The lowest BCUT2D eigenvalue weighted by Gasteiger charge is -2.32. The summed E-state index contributed by atoms with van der Waals surface area (Å²) in [7, 11) is 0. The van der Waals surface area contributed by atoms with E-state index >= 15 is 0 Å². The van der Waals surface area contributed by atoms with Crippen LogP contribution in [-0.2, 0) is 4.79 Å². The van der Waals surface area contributed by atoms with Gasteiger partial charge >= 0.3 is 0 Å². The number of allylic oxidation sites excluding steroid dienone is 2. The fraction of sp³-hybridized carbons (Fsp3) is 0.739. The average Bonchev–Trinajstić information content (AvgIpc) is 3.03. The molecule has 0 saturated carbocycles. The number of carbonyl (C=O) groups is 1. The van der Waals surface area contributed by atoms with Crippen molar-refractivity contribution in [2.75, 3.05) is 19.6 Å². The Morgan fingerprint density at radius 1 is 1.04 bits per heavy atom. The van der Waals surface area contributed by atoms with Crippen molar-refractivity contribution in [1.82, 2.24) is 0 Å². The molecule has 0 saturated heterocycles. The number of nitrogens with zero attached hydrogens (tertiary/aromatic N) is 2. The second-order valence-electron chi connectivity index (χ2n) is 7.90. The van der Waals surface area contributed by atoms with E-state index in [1.54, 1.807) is 6.20 Å². The minimum Gasteiger partial charge on any atom is -0.544 e. The highest BCUT2D eigenvalue weighted by atomic mass is 16.4. The van der Waals surface area contributed by atoms with Crippen LogP contribution in [0.15, 0.2) is 29.5 Å². The van der Waals surface area contributed by atoms with Crippen LogP contribution in [0.3, 0.4) is 0 Å². The molecular formula is C23H41N3O2. The number of nitrogens with two attached hydrogens (primary N) is 1. The molecule has 0 aromatic carbocycles. The summed E-state index contributed by atoms with van der Waals surface area (Å²) in [6.45, 7) is 3.18. The highest BCUT2D eigenvalue weighted by Gasteiger charge is 2.34. The molecule has 5 nitrogen and oxygen atoms in total. The molecule has 0 bridgehead atoms. The zero-order valence-electron chi connectivity index (χ0n) is 17.9. The monoisotopic (exact) mass is 391 g/mol. The van der Waals surface area contributed by atoms with Crippen molar-refractivity contribution < 1.29 is 14.4 Å². The predicted octanol–water partition coefficient (Wildman–Crippen LogP) is 4.04. The van der Waals surface area contributed by atoms with Gasteiger partial charge in [0.15, 0.2) is 0 Å². The van der Waals surface area contributed by atoms with Crippen molar-refractivity contribution in [2.45, 2.75) is 90.4 Å². The van der Waals surface area contributed by atoms with Crippen molar-refractivity contribution in [2.24, 2.45) is 10.7 Å². The first-order valence-corrected chi connectivity index (χ1v) is 11.3. The van der Waals surface area contributed by atoms with Crippen molar-refractivity contribution in [3.8, 4) is 0 Å². The molecule has 1 heterocycles. The van der Waals surface area contributed by atoms with E-state index in [4.69, 9.17) is 5.73 Å². The summed E-state index contributed by atoms with van der Waals surface area (Å²) < 4.78 is 0.240. The average molecular weight is 392 g/mol. The number of carbonyl (C=O) groups excluding carboxylic acids is 1. The first kappa shape index (κ1) is 24.6. The van der Waals surface area contributed by atoms with Crippen LogP contribution in [0.5, 0.6) is 0 Å². The van der Waals surface area contributed by atoms with Crippen molar-refractivity contribution in [3.05, 3.63) is 24.6 Å². The van der Waals surface area contributed by atoms with Gasteiger partial charge in [0.05, 0.1) is 12.2 Å². The summed E-state index contributed by atoms with van der Waals surface area (Å²) >= 11 is 0. The number of unbranched alkanes of at least 4 members (excludes halogenated alkanes) is 10. The summed E-state index contributed by atoms with van der Waals surface area (Å²) in [5.41, 5.74) is 5.69. The molecule has 5 heteroatoms. The minimum absolute atomic E-state index is 0.0708. The van der Waals surface area contributed by atoms with Gasteiger partial charge in [-0.3, -0.25) is 0 Å². The predicted molar refractivity (Wildman–Crippen MR) is 115 cm³/mol. The number of amidine groups is 1. The zero-order chi connectivity index (χ0) is 20.5. The molecule has 1 aliphatic rings. The number of aliphatic carboxylic acids is 1. The highest BCUT2D eigenvalue weighted by molar-refractivity contribution is 5.80. The first-order chi connectivity index (χ1) is 13.6. The number of aliphatic imine (C=N–C) groups is 1. The molecule has 0 aliphatic carbocycles. The molecule has 1 unspecified atom stereocenters. The van der Waals surface area contributed by atoms with Crippen LogP contribution in [0.2, 0.25) is 0 Å². The number of carboxylic acid groups (broad SMARTS) is 1. The van der Waals surface area contributed by atoms with Gasteiger partial charge in [0, 0.05) is 13.0 Å². The van der Waals surface area contributed by atoms with Gasteiger partial charge in [-0.1, -0.05) is 64.0 Å². The van der Waals surface area contributed by atoms with Crippen LogP contribution < -0.4 is 10.8 Å². The van der Waals surface area contributed by atoms with Crippen LogP contribution in [0, 0.1) is 0 Å². The van der Waals surface area contributed by atoms with Gasteiger partial charge in [0.2, 0.25) is 5.84 Å². The van der Waals surface area contributed by atoms with Gasteiger partial charge in [-0.2, -0.15) is 0 Å². The Kier molecular flexibility index (Phi) is 13.6. The SMILES string of the molecule is CCCCCC/C=C/CCCCCCCCC1=NC=C[N+]1(CCN)CC(=O)[O-]. The topological polar surface area (TPSA) is 78.5 Å². The molecule has 0 radical (unpaired) electrons. The number of quaternary nitrogens is 1. The van der Waals surface area contributed by atoms with E-state index in [1.807, 2.05) is 6.20 Å². The third kappa shape index (κ3) is 10.2. The largest absolute Gasteiger partial charge is 0.544 e. The second kappa shape index (κ2) is 15.5. The summed E-state index contributed by atoms with van der Waals surface area (Å²) in [6.07, 6.45) is 24.2. The Morgan fingerprint density at radius 3 is 2.25 bits per heavy atom. The Morgan fingerprint density at radius 2 is 1.64 bits per heavy atom. The lowest BCUT2D eigenvalue weighted by molar-refractivity contribution is -0.780. The minimum atomic E-state index is -1.05. The van der Waals surface area contributed by atoms with Gasteiger partial charge in [-0.25, -0.2) is 9.48 Å². The molecule has 1 aliphatic heterocycles. The third-order valence-electron chi connectivity index (χ3n) is 5.44. The van der Waals surface area contributed by atoms with Crippen molar-refractivity contribution >= 4 is 11.8 Å². The Balaban J connectivity index is 2.06. The van der Waals surface area contributed by atoms with Crippen LogP contribution in [-0.4, -0.2) is 35.9 Å². The lowest BCUT2D eigenvalue weighted by atomic mass is 10.1. The Hall–Kier alpha value is -1.46. The Bertz CT molecular complexity index is 514. The fourth-order valence-electron chi connectivity index (χ4n) is 3.80. The van der Waals surface area contributed by atoms with Crippen molar-refractivity contribution in [1.29, 1.82) is 0 Å². The standard InChI is InChI=1S/C23H41N3O2/c1-2-3-4-5-6-7-8-9-10-11-12-13-14-15-16-22-25-18-20-26(22,19-17-24)21-23(27)28/h7-8,18,20H,2-6,9-17,19,21,24H2,1H3/b8-7+. The third-order valence-corrected chi connectivity index (χ3v) is 5.44. The van der Waals surface area contributed by atoms with Gasteiger partial charge in [0.25, 0.3) is 0 Å². The maximum Gasteiger partial charge on any atom is 0.207 e. The molecule has 28 heavy (non-hydrogen) atoms. The van der Waals surface area contributed by atoms with Crippen LogP contribution in [0.1, 0.15) is 90.4 Å². The summed E-state index contributed by atoms with van der Waals surface area (Å²) in [5.74, 6) is -0.138. The van der Waals surface area contributed by atoms with E-state index in [0.717, 1.165) is 18.7 Å².